The quantitative estimate of drug-likeness (QED) is 0.595. The van der Waals surface area contributed by atoms with Gasteiger partial charge in [-0.15, -0.1) is 0 Å². The van der Waals surface area contributed by atoms with E-state index in [2.05, 4.69) is 4.90 Å². The Bertz CT molecular complexity index is 486. The molecule has 116 valence electrons. The Morgan fingerprint density at radius 2 is 2.24 bits per heavy atom. The third-order valence-corrected chi connectivity index (χ3v) is 3.92. The summed E-state index contributed by atoms with van der Waals surface area (Å²) in [5.74, 6) is -0.340. The van der Waals surface area contributed by atoms with Crippen molar-refractivity contribution in [3.05, 3.63) is 23.8 Å². The number of ether oxygens (including phenoxy) is 1. The Balaban J connectivity index is 2.35. The molecule has 0 aliphatic heterocycles. The van der Waals surface area contributed by atoms with Crippen LogP contribution in [0.2, 0.25) is 0 Å². The number of para-hydroxylation sites is 1. The second-order valence-electron chi connectivity index (χ2n) is 5.32. The molecule has 0 unspecified atom stereocenters. The van der Waals surface area contributed by atoms with Gasteiger partial charge in [0.25, 0.3) is 0 Å². The first-order valence-electron chi connectivity index (χ1n) is 7.62. The van der Waals surface area contributed by atoms with E-state index in [1.807, 2.05) is 6.07 Å². The average molecular weight is 292 g/mol. The number of nitrogens with zero attached hydrogens (tertiary/aromatic N) is 1. The summed E-state index contributed by atoms with van der Waals surface area (Å²) in [5, 5.41) is 9.12. The van der Waals surface area contributed by atoms with Crippen LogP contribution in [0.25, 0.3) is 0 Å². The van der Waals surface area contributed by atoms with Crippen molar-refractivity contribution >= 4 is 17.3 Å². The maximum Gasteiger partial charge on any atom is 0.340 e. The molecule has 1 saturated carbocycles. The molecule has 0 atom stereocenters. The van der Waals surface area contributed by atoms with Gasteiger partial charge in [0.1, 0.15) is 0 Å². The van der Waals surface area contributed by atoms with Crippen molar-refractivity contribution < 1.29 is 14.6 Å². The van der Waals surface area contributed by atoms with Gasteiger partial charge in [-0.2, -0.15) is 0 Å². The average Bonchev–Trinajstić information content (AvgIpc) is 2.41. The molecule has 0 bridgehead atoms. The van der Waals surface area contributed by atoms with Crippen LogP contribution in [0.15, 0.2) is 18.2 Å². The number of nitrogen functional groups attached to an aromatic ring is 1. The smallest absolute Gasteiger partial charge is 0.340 e. The van der Waals surface area contributed by atoms with E-state index in [1.165, 1.54) is 6.42 Å². The Labute approximate surface area is 125 Å². The molecule has 0 radical (unpaired) electrons. The van der Waals surface area contributed by atoms with Crippen LogP contribution in [0.1, 0.15) is 43.0 Å². The van der Waals surface area contributed by atoms with Crippen LogP contribution >= 0.6 is 0 Å². The molecule has 1 aliphatic carbocycles. The maximum absolute atomic E-state index is 12.2. The number of anilines is 2. The van der Waals surface area contributed by atoms with Crippen molar-refractivity contribution in [3.63, 3.8) is 0 Å². The maximum atomic E-state index is 12.2. The number of rotatable bonds is 7. The zero-order chi connectivity index (χ0) is 15.2. The fourth-order valence-corrected chi connectivity index (χ4v) is 2.67. The van der Waals surface area contributed by atoms with E-state index < -0.39 is 0 Å². The number of hydrogen-bond donors (Lipinski definition) is 2. The van der Waals surface area contributed by atoms with Gasteiger partial charge in [-0.25, -0.2) is 4.79 Å². The number of hydrogen-bond acceptors (Lipinski definition) is 5. The minimum Gasteiger partial charge on any atom is -0.462 e. The Morgan fingerprint density at radius 1 is 1.48 bits per heavy atom. The van der Waals surface area contributed by atoms with Crippen molar-refractivity contribution in [2.24, 2.45) is 0 Å². The fourth-order valence-electron chi connectivity index (χ4n) is 2.67. The van der Waals surface area contributed by atoms with Crippen molar-refractivity contribution in [2.45, 2.75) is 38.6 Å². The van der Waals surface area contributed by atoms with Gasteiger partial charge in [-0.05, 0) is 44.7 Å². The number of carbonyl (C=O) groups excluding carboxylic acids is 1. The van der Waals surface area contributed by atoms with Crippen LogP contribution in [-0.4, -0.2) is 36.9 Å². The van der Waals surface area contributed by atoms with E-state index >= 15 is 0 Å². The molecule has 5 nitrogen and oxygen atoms in total. The highest BCUT2D eigenvalue weighted by Crippen LogP contribution is 2.36. The molecule has 2 rings (SSSR count). The first-order valence-corrected chi connectivity index (χ1v) is 7.62. The minimum absolute atomic E-state index is 0.130. The van der Waals surface area contributed by atoms with E-state index in [4.69, 9.17) is 15.6 Å². The number of esters is 1. The number of carbonyl (C=O) groups is 1. The highest BCUT2D eigenvalue weighted by atomic mass is 16.5. The first kappa shape index (κ1) is 15.6. The van der Waals surface area contributed by atoms with Crippen LogP contribution in [-0.2, 0) is 4.74 Å². The second-order valence-corrected chi connectivity index (χ2v) is 5.32. The summed E-state index contributed by atoms with van der Waals surface area (Å²) in [6.45, 7) is 2.96. The zero-order valence-electron chi connectivity index (χ0n) is 12.5. The predicted molar refractivity (Wildman–Crippen MR) is 83.5 cm³/mol. The van der Waals surface area contributed by atoms with Gasteiger partial charge in [0, 0.05) is 19.2 Å². The fraction of sp³-hybridized carbons (Fsp3) is 0.562. The molecule has 3 N–H and O–H groups in total. The summed E-state index contributed by atoms with van der Waals surface area (Å²) in [7, 11) is 0. The Hall–Kier alpha value is -1.75. The molecule has 0 spiro atoms. The van der Waals surface area contributed by atoms with Gasteiger partial charge in [0.2, 0.25) is 0 Å². The molecule has 1 fully saturated rings. The Kier molecular flexibility index (Phi) is 5.44. The van der Waals surface area contributed by atoms with Gasteiger partial charge < -0.3 is 20.5 Å². The summed E-state index contributed by atoms with van der Waals surface area (Å²) in [6, 6.07) is 5.74. The van der Waals surface area contributed by atoms with Crippen LogP contribution < -0.4 is 10.6 Å². The molecule has 1 aromatic carbocycles. The van der Waals surface area contributed by atoms with Gasteiger partial charge >= 0.3 is 5.97 Å². The molecule has 0 amide bonds. The summed E-state index contributed by atoms with van der Waals surface area (Å²) < 4.78 is 5.14. The standard InChI is InChI=1S/C16H24N2O3/c1-2-21-16(20)13-8-4-9-14(17)15(13)18(10-5-11-19)12-6-3-7-12/h4,8-9,12,19H,2-3,5-7,10-11,17H2,1H3. The predicted octanol–water partition coefficient (Wildman–Crippen LogP) is 2.19. The lowest BCUT2D eigenvalue weighted by atomic mass is 9.90. The van der Waals surface area contributed by atoms with Crippen molar-refractivity contribution in [1.29, 1.82) is 0 Å². The van der Waals surface area contributed by atoms with Crippen LogP contribution in [0.4, 0.5) is 11.4 Å². The number of benzene rings is 1. The van der Waals surface area contributed by atoms with Crippen molar-refractivity contribution in [3.8, 4) is 0 Å². The third-order valence-electron chi connectivity index (χ3n) is 3.92. The second kappa shape index (κ2) is 7.31. The molecule has 1 aromatic rings. The molecule has 21 heavy (non-hydrogen) atoms. The number of aliphatic hydroxyl groups is 1. The summed E-state index contributed by atoms with van der Waals surface area (Å²) in [6.07, 6.45) is 4.05. The lowest BCUT2D eigenvalue weighted by Crippen LogP contribution is -2.42. The largest absolute Gasteiger partial charge is 0.462 e. The lowest BCUT2D eigenvalue weighted by Gasteiger charge is -2.40. The molecule has 0 heterocycles. The van der Waals surface area contributed by atoms with Crippen LogP contribution in [0, 0.1) is 0 Å². The van der Waals surface area contributed by atoms with E-state index in [0.717, 1.165) is 18.5 Å². The van der Waals surface area contributed by atoms with Crippen LogP contribution in [0.3, 0.4) is 0 Å². The third kappa shape index (κ3) is 3.47. The van der Waals surface area contributed by atoms with Crippen molar-refractivity contribution in [2.75, 3.05) is 30.4 Å². The molecular weight excluding hydrogens is 268 g/mol. The van der Waals surface area contributed by atoms with Crippen LogP contribution in [0.5, 0.6) is 0 Å². The highest BCUT2D eigenvalue weighted by Gasteiger charge is 2.29. The van der Waals surface area contributed by atoms with Gasteiger partial charge in [-0.3, -0.25) is 0 Å². The summed E-state index contributed by atoms with van der Waals surface area (Å²) in [5.41, 5.74) is 7.99. The molecule has 0 aromatic heterocycles. The summed E-state index contributed by atoms with van der Waals surface area (Å²) in [4.78, 5) is 14.3. The Morgan fingerprint density at radius 3 is 2.81 bits per heavy atom. The molecule has 0 saturated heterocycles. The number of nitrogens with two attached hydrogens (primary N) is 1. The molecular formula is C16H24N2O3. The topological polar surface area (TPSA) is 75.8 Å². The normalized spacial score (nSPS) is 14.6. The SMILES string of the molecule is CCOC(=O)c1cccc(N)c1N(CCCO)C1CCC1. The van der Waals surface area contributed by atoms with E-state index in [-0.39, 0.29) is 12.6 Å². The first-order chi connectivity index (χ1) is 10.2. The van der Waals surface area contributed by atoms with Crippen molar-refractivity contribution in [1.82, 2.24) is 0 Å². The van der Waals surface area contributed by atoms with Gasteiger partial charge in [0.05, 0.1) is 23.5 Å². The van der Waals surface area contributed by atoms with Gasteiger partial charge in [0.15, 0.2) is 0 Å². The van der Waals surface area contributed by atoms with E-state index in [1.54, 1.807) is 19.1 Å². The van der Waals surface area contributed by atoms with E-state index in [9.17, 15) is 4.79 Å². The molecule has 5 heteroatoms. The van der Waals surface area contributed by atoms with Gasteiger partial charge in [-0.1, -0.05) is 6.07 Å². The zero-order valence-corrected chi connectivity index (χ0v) is 12.5. The minimum atomic E-state index is -0.340. The summed E-state index contributed by atoms with van der Waals surface area (Å²) >= 11 is 0. The lowest BCUT2D eigenvalue weighted by molar-refractivity contribution is 0.0527. The monoisotopic (exact) mass is 292 g/mol. The van der Waals surface area contributed by atoms with E-state index in [0.29, 0.717) is 36.9 Å². The highest BCUT2D eigenvalue weighted by molar-refractivity contribution is 5.99. The molecule has 1 aliphatic rings. The number of aliphatic hydroxyl groups excluding tert-OH is 1.